The lowest BCUT2D eigenvalue weighted by molar-refractivity contribution is -0.136. The molecule has 2 aliphatic rings. The molecule has 1 aromatic heterocycles. The maximum Gasteiger partial charge on any atom is 0.261 e. The van der Waals surface area contributed by atoms with Crippen molar-refractivity contribution in [2.24, 2.45) is 0 Å². The van der Waals surface area contributed by atoms with Crippen molar-refractivity contribution in [1.82, 2.24) is 9.47 Å². The average molecular weight is 353 g/mol. The van der Waals surface area contributed by atoms with Gasteiger partial charge in [0, 0.05) is 43.6 Å². The molecular weight excluding hydrogens is 330 g/mol. The second kappa shape index (κ2) is 6.86. The number of rotatable bonds is 4. The first kappa shape index (κ1) is 16.7. The molecular formula is C20H23N3O3. The Morgan fingerprint density at radius 2 is 1.96 bits per heavy atom. The normalized spacial score (nSPS) is 19.6. The molecule has 0 saturated carbocycles. The third kappa shape index (κ3) is 3.07. The fourth-order valence-electron chi connectivity index (χ4n) is 3.79. The minimum absolute atomic E-state index is 0.0104. The highest BCUT2D eigenvalue weighted by Crippen LogP contribution is 2.26. The van der Waals surface area contributed by atoms with Gasteiger partial charge in [0.2, 0.25) is 5.91 Å². The van der Waals surface area contributed by atoms with Crippen molar-refractivity contribution in [2.75, 3.05) is 24.6 Å². The molecule has 0 aliphatic carbocycles. The Balaban J connectivity index is 1.35. The van der Waals surface area contributed by atoms with Crippen LogP contribution in [0.25, 0.3) is 0 Å². The molecule has 1 atom stereocenters. The predicted molar refractivity (Wildman–Crippen MR) is 98.1 cm³/mol. The third-order valence-corrected chi connectivity index (χ3v) is 5.25. The van der Waals surface area contributed by atoms with Crippen LogP contribution < -0.4 is 9.64 Å². The van der Waals surface area contributed by atoms with E-state index in [1.165, 1.54) is 0 Å². The fourth-order valence-corrected chi connectivity index (χ4v) is 3.79. The van der Waals surface area contributed by atoms with Gasteiger partial charge in [-0.15, -0.1) is 0 Å². The van der Waals surface area contributed by atoms with Crippen LogP contribution in [0.1, 0.15) is 31.5 Å². The smallest absolute Gasteiger partial charge is 0.261 e. The first-order chi connectivity index (χ1) is 12.6. The second-order valence-corrected chi connectivity index (χ2v) is 6.82. The lowest BCUT2D eigenvalue weighted by Gasteiger charge is -2.34. The highest BCUT2D eigenvalue weighted by molar-refractivity contribution is 5.95. The number of amides is 2. The number of hydrogen-bond acceptors (Lipinski definition) is 3. The molecule has 0 spiro atoms. The van der Waals surface area contributed by atoms with Gasteiger partial charge in [0.05, 0.1) is 6.04 Å². The molecule has 3 heterocycles. The molecule has 0 N–H and O–H groups in total. The Bertz CT molecular complexity index is 812. The summed E-state index contributed by atoms with van der Waals surface area (Å²) in [5.41, 5.74) is 2.04. The van der Waals surface area contributed by atoms with Crippen molar-refractivity contribution >= 4 is 17.5 Å². The van der Waals surface area contributed by atoms with E-state index in [4.69, 9.17) is 4.74 Å². The summed E-state index contributed by atoms with van der Waals surface area (Å²) in [6, 6.07) is 11.5. The SMILES string of the molecule is C[C@@H]1c2cccn2CCN1C(=O)COc1ccc(N2CCCC2=O)cc1. The van der Waals surface area contributed by atoms with E-state index in [0.29, 0.717) is 18.7 Å². The molecule has 1 aromatic carbocycles. The van der Waals surface area contributed by atoms with Gasteiger partial charge in [-0.3, -0.25) is 9.59 Å². The minimum atomic E-state index is -0.0104. The zero-order valence-corrected chi connectivity index (χ0v) is 14.9. The zero-order valence-electron chi connectivity index (χ0n) is 14.9. The molecule has 136 valence electrons. The molecule has 1 saturated heterocycles. The molecule has 6 heteroatoms. The van der Waals surface area contributed by atoms with E-state index in [1.54, 1.807) is 4.90 Å². The van der Waals surface area contributed by atoms with Gasteiger partial charge in [0.15, 0.2) is 6.61 Å². The van der Waals surface area contributed by atoms with Crippen molar-refractivity contribution in [3.05, 3.63) is 48.3 Å². The maximum atomic E-state index is 12.6. The predicted octanol–water partition coefficient (Wildman–Crippen LogP) is 2.60. The van der Waals surface area contributed by atoms with Gasteiger partial charge >= 0.3 is 0 Å². The molecule has 0 bridgehead atoms. The Morgan fingerprint density at radius 1 is 1.15 bits per heavy atom. The quantitative estimate of drug-likeness (QED) is 0.849. The third-order valence-electron chi connectivity index (χ3n) is 5.25. The Labute approximate surface area is 153 Å². The van der Waals surface area contributed by atoms with Crippen molar-refractivity contribution < 1.29 is 14.3 Å². The summed E-state index contributed by atoms with van der Waals surface area (Å²) in [4.78, 5) is 28.0. The van der Waals surface area contributed by atoms with Gasteiger partial charge in [-0.2, -0.15) is 0 Å². The number of nitrogens with zero attached hydrogens (tertiary/aromatic N) is 3. The number of carbonyl (C=O) groups excluding carboxylic acids is 2. The van der Waals surface area contributed by atoms with E-state index in [-0.39, 0.29) is 24.5 Å². The van der Waals surface area contributed by atoms with Crippen LogP contribution in [-0.2, 0) is 16.1 Å². The van der Waals surface area contributed by atoms with E-state index >= 15 is 0 Å². The number of carbonyl (C=O) groups is 2. The largest absolute Gasteiger partial charge is 0.484 e. The topological polar surface area (TPSA) is 54.8 Å². The first-order valence-electron chi connectivity index (χ1n) is 9.11. The van der Waals surface area contributed by atoms with E-state index in [9.17, 15) is 9.59 Å². The number of fused-ring (bicyclic) bond motifs is 1. The van der Waals surface area contributed by atoms with E-state index in [0.717, 1.165) is 30.9 Å². The number of ether oxygens (including phenoxy) is 1. The Kier molecular flexibility index (Phi) is 4.41. The maximum absolute atomic E-state index is 12.6. The highest BCUT2D eigenvalue weighted by atomic mass is 16.5. The van der Waals surface area contributed by atoms with Gasteiger partial charge in [0.1, 0.15) is 5.75 Å². The molecule has 2 aromatic rings. The van der Waals surface area contributed by atoms with Gasteiger partial charge in [-0.25, -0.2) is 0 Å². The summed E-state index contributed by atoms with van der Waals surface area (Å²) < 4.78 is 7.87. The van der Waals surface area contributed by atoms with Gasteiger partial charge in [-0.05, 0) is 49.7 Å². The van der Waals surface area contributed by atoms with Crippen LogP contribution in [0.2, 0.25) is 0 Å². The fraction of sp³-hybridized carbons (Fsp3) is 0.400. The van der Waals surface area contributed by atoms with Crippen molar-refractivity contribution in [3.8, 4) is 5.75 Å². The first-order valence-corrected chi connectivity index (χ1v) is 9.11. The molecule has 26 heavy (non-hydrogen) atoms. The molecule has 0 radical (unpaired) electrons. The van der Waals surface area contributed by atoms with Crippen LogP contribution >= 0.6 is 0 Å². The second-order valence-electron chi connectivity index (χ2n) is 6.82. The van der Waals surface area contributed by atoms with Gasteiger partial charge in [-0.1, -0.05) is 0 Å². The summed E-state index contributed by atoms with van der Waals surface area (Å²) >= 11 is 0. The van der Waals surface area contributed by atoms with E-state index < -0.39 is 0 Å². The summed E-state index contributed by atoms with van der Waals surface area (Å²) in [5, 5.41) is 0. The summed E-state index contributed by atoms with van der Waals surface area (Å²) in [6.45, 7) is 4.35. The molecule has 2 amide bonds. The molecule has 6 nitrogen and oxygen atoms in total. The van der Waals surface area contributed by atoms with E-state index in [1.807, 2.05) is 42.2 Å². The lowest BCUT2D eigenvalue weighted by atomic mass is 10.1. The average Bonchev–Trinajstić information content (AvgIpc) is 3.30. The monoisotopic (exact) mass is 353 g/mol. The highest BCUT2D eigenvalue weighted by Gasteiger charge is 2.27. The number of benzene rings is 1. The summed E-state index contributed by atoms with van der Waals surface area (Å²) in [6.07, 6.45) is 3.57. The summed E-state index contributed by atoms with van der Waals surface area (Å²) in [7, 11) is 0. The summed E-state index contributed by atoms with van der Waals surface area (Å²) in [5.74, 6) is 0.795. The van der Waals surface area contributed by atoms with Crippen molar-refractivity contribution in [1.29, 1.82) is 0 Å². The molecule has 1 fully saturated rings. The molecule has 2 aliphatic heterocycles. The van der Waals surface area contributed by atoms with Gasteiger partial charge < -0.3 is 19.1 Å². The number of anilines is 1. The Morgan fingerprint density at radius 3 is 2.69 bits per heavy atom. The molecule has 0 unspecified atom stereocenters. The van der Waals surface area contributed by atoms with Crippen molar-refractivity contribution in [2.45, 2.75) is 32.4 Å². The number of hydrogen-bond donors (Lipinski definition) is 0. The van der Waals surface area contributed by atoms with Crippen LogP contribution in [0.15, 0.2) is 42.6 Å². The lowest BCUT2D eigenvalue weighted by Crippen LogP contribution is -2.42. The standard InChI is InChI=1S/C20H23N3O3/c1-15-18-4-2-10-21(18)12-13-22(15)20(25)14-26-17-8-6-16(7-9-17)23-11-3-5-19(23)24/h2,4,6-10,15H,3,5,11-14H2,1H3/t15-/m1/s1. The number of aromatic nitrogens is 1. The zero-order chi connectivity index (χ0) is 18.1. The van der Waals surface area contributed by atoms with Crippen LogP contribution in [0.4, 0.5) is 5.69 Å². The minimum Gasteiger partial charge on any atom is -0.484 e. The van der Waals surface area contributed by atoms with Gasteiger partial charge in [0.25, 0.3) is 5.91 Å². The van der Waals surface area contributed by atoms with Crippen LogP contribution in [0, 0.1) is 0 Å². The molecule has 4 rings (SSSR count). The van der Waals surface area contributed by atoms with Crippen LogP contribution in [0.3, 0.4) is 0 Å². The van der Waals surface area contributed by atoms with Crippen LogP contribution in [0.5, 0.6) is 5.75 Å². The van der Waals surface area contributed by atoms with E-state index in [2.05, 4.69) is 16.8 Å². The Hall–Kier alpha value is -2.76. The van der Waals surface area contributed by atoms with Crippen LogP contribution in [-0.4, -0.2) is 41.0 Å². The van der Waals surface area contributed by atoms with Crippen molar-refractivity contribution in [3.63, 3.8) is 0 Å².